The van der Waals surface area contributed by atoms with Gasteiger partial charge in [0.2, 0.25) is 0 Å². The average Bonchev–Trinajstić information content (AvgIpc) is 3.25. The van der Waals surface area contributed by atoms with E-state index in [1.165, 1.54) is 0 Å². The molecule has 6 nitrogen and oxygen atoms in total. The van der Waals surface area contributed by atoms with Crippen molar-refractivity contribution >= 4 is 6.03 Å². The second-order valence-electron chi connectivity index (χ2n) is 6.40. The fraction of sp³-hybridized carbons (Fsp3) is 0.733. The first-order valence-electron chi connectivity index (χ1n) is 8.02. The van der Waals surface area contributed by atoms with Crippen LogP contribution in [-0.4, -0.2) is 45.9 Å². The quantitative estimate of drug-likeness (QED) is 0.875. The number of urea groups is 1. The minimum absolute atomic E-state index is 0.0575. The highest BCUT2D eigenvalue weighted by Crippen LogP contribution is 2.35. The summed E-state index contributed by atoms with van der Waals surface area (Å²) in [5.74, 6) is 0. The van der Waals surface area contributed by atoms with E-state index in [-0.39, 0.29) is 24.2 Å². The lowest BCUT2D eigenvalue weighted by Gasteiger charge is -2.36. The van der Waals surface area contributed by atoms with Crippen molar-refractivity contribution in [3.05, 3.63) is 18.0 Å². The third-order valence-electron chi connectivity index (χ3n) is 5.08. The Labute approximate surface area is 124 Å². The molecule has 0 radical (unpaired) electrons. The molecule has 2 amide bonds. The molecule has 0 spiro atoms. The molecule has 1 aromatic heterocycles. The minimum atomic E-state index is 0.0575. The topological polar surface area (TPSA) is 70.2 Å². The number of carbonyl (C=O) groups is 1. The van der Waals surface area contributed by atoms with E-state index < -0.39 is 0 Å². The molecule has 4 rings (SSSR count). The van der Waals surface area contributed by atoms with Crippen LogP contribution in [0.25, 0.3) is 0 Å². The molecular weight excluding hydrogens is 268 g/mol. The van der Waals surface area contributed by atoms with Crippen LogP contribution in [-0.2, 0) is 4.74 Å². The van der Waals surface area contributed by atoms with Gasteiger partial charge in [-0.3, -0.25) is 5.10 Å². The number of H-pyrrole nitrogens is 1. The number of aromatic nitrogens is 2. The average molecular weight is 290 g/mol. The van der Waals surface area contributed by atoms with Gasteiger partial charge in [0.1, 0.15) is 0 Å². The summed E-state index contributed by atoms with van der Waals surface area (Å²) in [7, 11) is 0. The van der Waals surface area contributed by atoms with E-state index >= 15 is 0 Å². The molecule has 4 heterocycles. The molecule has 0 aliphatic carbocycles. The zero-order valence-electron chi connectivity index (χ0n) is 12.1. The highest BCUT2D eigenvalue weighted by atomic mass is 16.5. The number of aromatic amines is 1. The number of hydrogen-bond donors (Lipinski definition) is 2. The summed E-state index contributed by atoms with van der Waals surface area (Å²) < 4.78 is 5.82. The standard InChI is InChI=1S/C15H22N4O2/c20-15(18-12-7-11-4-5-14(12)21-11)19-6-2-1-3-13(19)10-8-16-17-9-10/h8-9,11-14H,1-7H2,(H,16,17)(H,18,20). The van der Waals surface area contributed by atoms with Crippen LogP contribution in [0.5, 0.6) is 0 Å². The van der Waals surface area contributed by atoms with Crippen LogP contribution in [0, 0.1) is 0 Å². The molecule has 2 N–H and O–H groups in total. The van der Waals surface area contributed by atoms with Crippen molar-refractivity contribution in [1.82, 2.24) is 20.4 Å². The predicted molar refractivity (Wildman–Crippen MR) is 76.7 cm³/mol. The van der Waals surface area contributed by atoms with Crippen LogP contribution in [0.1, 0.15) is 50.1 Å². The summed E-state index contributed by atoms with van der Waals surface area (Å²) in [5, 5.41) is 10.1. The van der Waals surface area contributed by atoms with Crippen molar-refractivity contribution in [2.45, 2.75) is 62.8 Å². The van der Waals surface area contributed by atoms with Crippen molar-refractivity contribution in [2.24, 2.45) is 0 Å². The number of ether oxygens (including phenoxy) is 1. The molecule has 4 unspecified atom stereocenters. The van der Waals surface area contributed by atoms with Crippen LogP contribution in [0.2, 0.25) is 0 Å². The molecule has 3 aliphatic heterocycles. The maximum absolute atomic E-state index is 12.7. The molecular formula is C15H22N4O2. The van der Waals surface area contributed by atoms with Crippen molar-refractivity contribution in [3.8, 4) is 0 Å². The lowest BCUT2D eigenvalue weighted by Crippen LogP contribution is -2.50. The Morgan fingerprint density at radius 1 is 1.38 bits per heavy atom. The summed E-state index contributed by atoms with van der Waals surface area (Å²) in [6.45, 7) is 0.823. The van der Waals surface area contributed by atoms with Crippen LogP contribution in [0.3, 0.4) is 0 Å². The number of piperidine rings is 1. The largest absolute Gasteiger partial charge is 0.373 e. The van der Waals surface area contributed by atoms with E-state index in [9.17, 15) is 4.79 Å². The highest BCUT2D eigenvalue weighted by Gasteiger charge is 2.42. The van der Waals surface area contributed by atoms with Gasteiger partial charge in [0.15, 0.2) is 0 Å². The molecule has 4 atom stereocenters. The van der Waals surface area contributed by atoms with E-state index in [1.807, 2.05) is 17.3 Å². The van der Waals surface area contributed by atoms with E-state index in [1.54, 1.807) is 0 Å². The first-order valence-corrected chi connectivity index (χ1v) is 8.02. The van der Waals surface area contributed by atoms with E-state index in [0.29, 0.717) is 6.10 Å². The van der Waals surface area contributed by atoms with Gasteiger partial charge in [-0.25, -0.2) is 4.79 Å². The number of rotatable bonds is 2. The van der Waals surface area contributed by atoms with Crippen molar-refractivity contribution in [1.29, 1.82) is 0 Å². The van der Waals surface area contributed by atoms with Gasteiger partial charge in [-0.05, 0) is 38.5 Å². The summed E-state index contributed by atoms with van der Waals surface area (Å²) in [5.41, 5.74) is 1.11. The smallest absolute Gasteiger partial charge is 0.318 e. The summed E-state index contributed by atoms with van der Waals surface area (Å²) in [6.07, 6.45) is 10.8. The van der Waals surface area contributed by atoms with Crippen molar-refractivity contribution in [2.75, 3.05) is 6.54 Å². The number of nitrogens with one attached hydrogen (secondary N) is 2. The van der Waals surface area contributed by atoms with Crippen LogP contribution < -0.4 is 5.32 Å². The lowest BCUT2D eigenvalue weighted by atomic mass is 9.95. The molecule has 3 saturated heterocycles. The SMILES string of the molecule is O=C(NC1CC2CCC1O2)N1CCCCC1c1cn[nH]c1. The number of amides is 2. The zero-order chi connectivity index (χ0) is 14.2. The number of likely N-dealkylation sites (tertiary alicyclic amines) is 1. The number of nitrogens with zero attached hydrogens (tertiary/aromatic N) is 2. The van der Waals surface area contributed by atoms with Gasteiger partial charge in [-0.2, -0.15) is 5.10 Å². The van der Waals surface area contributed by atoms with Gasteiger partial charge in [0, 0.05) is 18.3 Å². The van der Waals surface area contributed by atoms with Crippen LogP contribution in [0.4, 0.5) is 4.79 Å². The van der Waals surface area contributed by atoms with Gasteiger partial charge in [-0.15, -0.1) is 0 Å². The number of carbonyl (C=O) groups excluding carboxylic acids is 1. The summed E-state index contributed by atoms with van der Waals surface area (Å²) >= 11 is 0. The van der Waals surface area contributed by atoms with Gasteiger partial charge < -0.3 is 15.0 Å². The van der Waals surface area contributed by atoms with Crippen LogP contribution in [0.15, 0.2) is 12.4 Å². The molecule has 3 fully saturated rings. The second kappa shape index (κ2) is 5.33. The normalized spacial score (nSPS) is 35.1. The molecule has 1 aromatic rings. The maximum atomic E-state index is 12.7. The molecule has 114 valence electrons. The molecule has 3 aliphatic rings. The third-order valence-corrected chi connectivity index (χ3v) is 5.08. The Kier molecular flexibility index (Phi) is 3.33. The van der Waals surface area contributed by atoms with Gasteiger partial charge in [0.05, 0.1) is 30.5 Å². The van der Waals surface area contributed by atoms with Crippen molar-refractivity contribution < 1.29 is 9.53 Å². The van der Waals surface area contributed by atoms with E-state index in [2.05, 4.69) is 15.5 Å². The molecule has 21 heavy (non-hydrogen) atoms. The molecule has 2 bridgehead atoms. The third kappa shape index (κ3) is 2.41. The minimum Gasteiger partial charge on any atom is -0.373 e. The Morgan fingerprint density at radius 2 is 2.33 bits per heavy atom. The Morgan fingerprint density at radius 3 is 3.05 bits per heavy atom. The Balaban J connectivity index is 1.44. The fourth-order valence-corrected chi connectivity index (χ4v) is 4.00. The molecule has 0 saturated carbocycles. The molecule has 6 heteroatoms. The summed E-state index contributed by atoms with van der Waals surface area (Å²) in [6, 6.07) is 0.405. The predicted octanol–water partition coefficient (Wildman–Crippen LogP) is 1.97. The van der Waals surface area contributed by atoms with Gasteiger partial charge in [-0.1, -0.05) is 0 Å². The van der Waals surface area contributed by atoms with E-state index in [4.69, 9.17) is 4.74 Å². The van der Waals surface area contributed by atoms with Gasteiger partial charge in [0.25, 0.3) is 0 Å². The highest BCUT2D eigenvalue weighted by molar-refractivity contribution is 5.75. The maximum Gasteiger partial charge on any atom is 0.318 e. The lowest BCUT2D eigenvalue weighted by molar-refractivity contribution is 0.0951. The van der Waals surface area contributed by atoms with Crippen molar-refractivity contribution in [3.63, 3.8) is 0 Å². The Hall–Kier alpha value is -1.56. The van der Waals surface area contributed by atoms with Crippen LogP contribution >= 0.6 is 0 Å². The second-order valence-corrected chi connectivity index (χ2v) is 6.40. The van der Waals surface area contributed by atoms with Gasteiger partial charge >= 0.3 is 6.03 Å². The number of fused-ring (bicyclic) bond motifs is 2. The first-order chi connectivity index (χ1) is 10.3. The Bertz CT molecular complexity index is 504. The number of hydrogen-bond acceptors (Lipinski definition) is 3. The monoisotopic (exact) mass is 290 g/mol. The fourth-order valence-electron chi connectivity index (χ4n) is 4.00. The molecule has 0 aromatic carbocycles. The first kappa shape index (κ1) is 13.1. The van der Waals surface area contributed by atoms with E-state index in [0.717, 1.165) is 50.6 Å². The zero-order valence-corrected chi connectivity index (χ0v) is 12.1. The summed E-state index contributed by atoms with van der Waals surface area (Å²) in [4.78, 5) is 14.6.